The lowest BCUT2D eigenvalue weighted by Gasteiger charge is -2.07. The number of benzene rings is 1. The van der Waals surface area contributed by atoms with Crippen molar-refractivity contribution in [2.24, 2.45) is 0 Å². The summed E-state index contributed by atoms with van der Waals surface area (Å²) < 4.78 is 22.9. The number of carbonyl (C=O) groups excluding carboxylic acids is 1. The van der Waals surface area contributed by atoms with E-state index in [-0.39, 0.29) is 5.82 Å². The standard InChI is InChI=1S/C14H13FN2O3/c1-2-19-14(18)17-11-5-8-13(16-9-11)20-12-6-3-10(15)4-7-12/h3-9H,2H2,1H3,(H,17,18). The van der Waals surface area contributed by atoms with Gasteiger partial charge in [0.15, 0.2) is 0 Å². The minimum Gasteiger partial charge on any atom is -0.450 e. The number of amides is 1. The van der Waals surface area contributed by atoms with Crippen LogP contribution < -0.4 is 10.1 Å². The Morgan fingerprint density at radius 1 is 1.25 bits per heavy atom. The van der Waals surface area contributed by atoms with Crippen molar-refractivity contribution in [3.8, 4) is 11.6 Å². The van der Waals surface area contributed by atoms with Crippen LogP contribution in [-0.2, 0) is 4.74 Å². The molecule has 0 unspecified atom stereocenters. The van der Waals surface area contributed by atoms with E-state index in [1.54, 1.807) is 19.1 Å². The van der Waals surface area contributed by atoms with Crippen LogP contribution in [0.15, 0.2) is 42.6 Å². The maximum absolute atomic E-state index is 12.7. The van der Waals surface area contributed by atoms with Gasteiger partial charge in [0.25, 0.3) is 0 Å². The van der Waals surface area contributed by atoms with E-state index >= 15 is 0 Å². The number of rotatable bonds is 4. The molecule has 104 valence electrons. The van der Waals surface area contributed by atoms with Crippen LogP contribution in [0.5, 0.6) is 11.6 Å². The molecule has 5 nitrogen and oxygen atoms in total. The van der Waals surface area contributed by atoms with Gasteiger partial charge in [-0.2, -0.15) is 0 Å². The van der Waals surface area contributed by atoms with Crippen molar-refractivity contribution in [3.63, 3.8) is 0 Å². The van der Waals surface area contributed by atoms with Crippen LogP contribution in [0.3, 0.4) is 0 Å². The average Bonchev–Trinajstić information content (AvgIpc) is 2.44. The number of aromatic nitrogens is 1. The Balaban J connectivity index is 1.97. The Bertz CT molecular complexity index is 570. The van der Waals surface area contributed by atoms with E-state index in [0.717, 1.165) is 0 Å². The molecule has 2 rings (SSSR count). The zero-order valence-corrected chi connectivity index (χ0v) is 10.8. The van der Waals surface area contributed by atoms with Crippen molar-refractivity contribution in [2.45, 2.75) is 6.92 Å². The van der Waals surface area contributed by atoms with E-state index in [1.165, 1.54) is 30.5 Å². The van der Waals surface area contributed by atoms with Crippen LogP contribution in [-0.4, -0.2) is 17.7 Å². The lowest BCUT2D eigenvalue weighted by atomic mass is 10.3. The van der Waals surface area contributed by atoms with Gasteiger partial charge in [0, 0.05) is 6.07 Å². The molecule has 0 spiro atoms. The van der Waals surface area contributed by atoms with E-state index in [0.29, 0.717) is 23.9 Å². The molecule has 20 heavy (non-hydrogen) atoms. The zero-order valence-electron chi connectivity index (χ0n) is 10.8. The summed E-state index contributed by atoms with van der Waals surface area (Å²) in [5.41, 5.74) is 0.495. The van der Waals surface area contributed by atoms with Crippen molar-refractivity contribution in [1.29, 1.82) is 0 Å². The number of nitrogens with one attached hydrogen (secondary N) is 1. The van der Waals surface area contributed by atoms with Crippen LogP contribution in [0.1, 0.15) is 6.92 Å². The maximum atomic E-state index is 12.7. The first-order valence-corrected chi connectivity index (χ1v) is 6.00. The Morgan fingerprint density at radius 3 is 2.60 bits per heavy atom. The number of pyridine rings is 1. The molecule has 2 aromatic rings. The van der Waals surface area contributed by atoms with Crippen LogP contribution in [0.2, 0.25) is 0 Å². The monoisotopic (exact) mass is 276 g/mol. The SMILES string of the molecule is CCOC(=O)Nc1ccc(Oc2ccc(F)cc2)nc1. The summed E-state index contributed by atoms with van der Waals surface area (Å²) in [6.07, 6.45) is 0.900. The number of hydrogen-bond donors (Lipinski definition) is 1. The van der Waals surface area contributed by atoms with Gasteiger partial charge in [-0.15, -0.1) is 0 Å². The van der Waals surface area contributed by atoms with Crippen molar-refractivity contribution in [1.82, 2.24) is 4.98 Å². The van der Waals surface area contributed by atoms with Crippen LogP contribution >= 0.6 is 0 Å². The second-order valence-corrected chi connectivity index (χ2v) is 3.79. The normalized spacial score (nSPS) is 9.90. The summed E-state index contributed by atoms with van der Waals surface area (Å²) in [4.78, 5) is 15.2. The van der Waals surface area contributed by atoms with Gasteiger partial charge < -0.3 is 9.47 Å². The quantitative estimate of drug-likeness (QED) is 0.927. The second-order valence-electron chi connectivity index (χ2n) is 3.79. The Morgan fingerprint density at radius 2 is 2.00 bits per heavy atom. The first-order chi connectivity index (χ1) is 9.67. The van der Waals surface area contributed by atoms with Gasteiger partial charge in [0.05, 0.1) is 18.5 Å². The van der Waals surface area contributed by atoms with Crippen molar-refractivity contribution >= 4 is 11.8 Å². The molecule has 1 N–H and O–H groups in total. The van der Waals surface area contributed by atoms with Crippen LogP contribution in [0, 0.1) is 5.82 Å². The highest BCUT2D eigenvalue weighted by molar-refractivity contribution is 5.84. The van der Waals surface area contributed by atoms with E-state index < -0.39 is 6.09 Å². The fraction of sp³-hybridized carbons (Fsp3) is 0.143. The summed E-state index contributed by atoms with van der Waals surface area (Å²) >= 11 is 0. The van der Waals surface area contributed by atoms with E-state index in [1.807, 2.05) is 0 Å². The zero-order chi connectivity index (χ0) is 14.4. The fourth-order valence-electron chi connectivity index (χ4n) is 1.42. The molecule has 1 amide bonds. The number of carbonyl (C=O) groups is 1. The summed E-state index contributed by atoms with van der Waals surface area (Å²) in [6, 6.07) is 8.81. The molecule has 0 saturated heterocycles. The molecular formula is C14H13FN2O3. The number of nitrogens with zero attached hydrogens (tertiary/aromatic N) is 1. The molecule has 6 heteroatoms. The average molecular weight is 276 g/mol. The van der Waals surface area contributed by atoms with Crippen molar-refractivity contribution in [2.75, 3.05) is 11.9 Å². The van der Waals surface area contributed by atoms with Gasteiger partial charge in [-0.25, -0.2) is 14.2 Å². The van der Waals surface area contributed by atoms with Gasteiger partial charge in [-0.3, -0.25) is 5.32 Å². The molecular weight excluding hydrogens is 263 g/mol. The van der Waals surface area contributed by atoms with Gasteiger partial charge in [0.2, 0.25) is 5.88 Å². The van der Waals surface area contributed by atoms with Crippen molar-refractivity contribution in [3.05, 3.63) is 48.4 Å². The third-order valence-corrected chi connectivity index (χ3v) is 2.29. The third kappa shape index (κ3) is 3.94. The highest BCUT2D eigenvalue weighted by Gasteiger charge is 2.03. The molecule has 1 aromatic heterocycles. The lowest BCUT2D eigenvalue weighted by Crippen LogP contribution is -2.13. The van der Waals surface area contributed by atoms with Gasteiger partial charge in [-0.05, 0) is 37.3 Å². The Hall–Kier alpha value is -2.63. The van der Waals surface area contributed by atoms with Gasteiger partial charge in [-0.1, -0.05) is 0 Å². The molecule has 0 atom stereocenters. The van der Waals surface area contributed by atoms with Crippen molar-refractivity contribution < 1.29 is 18.7 Å². The first kappa shape index (κ1) is 13.8. The molecule has 1 heterocycles. The van der Waals surface area contributed by atoms with Crippen LogP contribution in [0.25, 0.3) is 0 Å². The predicted molar refractivity (Wildman–Crippen MR) is 71.4 cm³/mol. The minimum atomic E-state index is -0.540. The van der Waals surface area contributed by atoms with E-state index in [4.69, 9.17) is 9.47 Å². The van der Waals surface area contributed by atoms with Gasteiger partial charge in [0.1, 0.15) is 11.6 Å². The Kier molecular flexibility index (Phi) is 4.49. The predicted octanol–water partition coefficient (Wildman–Crippen LogP) is 3.58. The minimum absolute atomic E-state index is 0.297. The summed E-state index contributed by atoms with van der Waals surface area (Å²) in [5, 5.41) is 2.51. The molecule has 0 saturated carbocycles. The Labute approximate surface area is 115 Å². The highest BCUT2D eigenvalue weighted by Crippen LogP contribution is 2.20. The largest absolute Gasteiger partial charge is 0.450 e. The number of hydrogen-bond acceptors (Lipinski definition) is 4. The number of anilines is 1. The fourth-order valence-corrected chi connectivity index (χ4v) is 1.42. The molecule has 0 fully saturated rings. The maximum Gasteiger partial charge on any atom is 0.411 e. The summed E-state index contributed by atoms with van der Waals surface area (Å²) in [6.45, 7) is 2.02. The molecule has 0 aliphatic heterocycles. The molecule has 1 aromatic carbocycles. The second kappa shape index (κ2) is 6.51. The summed E-state index contributed by atoms with van der Waals surface area (Å²) in [7, 11) is 0. The topological polar surface area (TPSA) is 60.5 Å². The first-order valence-electron chi connectivity index (χ1n) is 6.00. The smallest absolute Gasteiger partial charge is 0.411 e. The highest BCUT2D eigenvalue weighted by atomic mass is 19.1. The molecule has 0 bridgehead atoms. The van der Waals surface area contributed by atoms with E-state index in [9.17, 15) is 9.18 Å². The molecule has 0 aliphatic carbocycles. The molecule has 0 aliphatic rings. The van der Waals surface area contributed by atoms with Gasteiger partial charge >= 0.3 is 6.09 Å². The van der Waals surface area contributed by atoms with E-state index in [2.05, 4.69) is 10.3 Å². The number of halogens is 1. The molecule has 0 radical (unpaired) electrons. The summed E-state index contributed by atoms with van der Waals surface area (Å²) in [5.74, 6) is 0.482. The number of ether oxygens (including phenoxy) is 2. The lowest BCUT2D eigenvalue weighted by molar-refractivity contribution is 0.168. The van der Waals surface area contributed by atoms with Crippen LogP contribution in [0.4, 0.5) is 14.9 Å². The third-order valence-electron chi connectivity index (χ3n) is 2.29.